The summed E-state index contributed by atoms with van der Waals surface area (Å²) in [5.74, 6) is 0.259. The molecular formula is C30H44O8. The Morgan fingerprint density at radius 3 is 2.55 bits per heavy atom. The van der Waals surface area contributed by atoms with Crippen LogP contribution in [0.5, 0.6) is 5.75 Å². The lowest BCUT2D eigenvalue weighted by Crippen LogP contribution is -2.30. The summed E-state index contributed by atoms with van der Waals surface area (Å²) in [5, 5.41) is 10.6. The Morgan fingerprint density at radius 2 is 1.82 bits per heavy atom. The standard InChI is InChI=1S/C30H44O8/c1-4-6-7-10-22(31)12-13-23-24-16-20-9-8-11-26(37-19-30(34)35-3)25(20)17-21(24)18-27(23)38-29(33)15-14-28(32)36-5-2/h8-9,11,21-24,27,31H,4-7,10,12-19H2,1-3H3/t21-,22-,23+,24-,27+/m0/s1. The normalized spacial score (nSPS) is 22.6. The van der Waals surface area contributed by atoms with E-state index >= 15 is 0 Å². The van der Waals surface area contributed by atoms with Crippen molar-refractivity contribution >= 4 is 17.9 Å². The molecule has 0 unspecified atom stereocenters. The van der Waals surface area contributed by atoms with E-state index in [0.717, 1.165) is 56.9 Å². The number of methoxy groups -OCH3 is 1. The Morgan fingerprint density at radius 1 is 1.03 bits per heavy atom. The van der Waals surface area contributed by atoms with Gasteiger partial charge in [-0.3, -0.25) is 9.59 Å². The van der Waals surface area contributed by atoms with Gasteiger partial charge in [0.15, 0.2) is 6.61 Å². The topological polar surface area (TPSA) is 108 Å². The Kier molecular flexibility index (Phi) is 11.9. The molecule has 3 rings (SSSR count). The lowest BCUT2D eigenvalue weighted by atomic mass is 9.73. The highest BCUT2D eigenvalue weighted by atomic mass is 16.6. The molecule has 2 aliphatic carbocycles. The number of carbonyl (C=O) groups is 3. The van der Waals surface area contributed by atoms with Crippen LogP contribution < -0.4 is 4.74 Å². The first-order chi connectivity index (χ1) is 18.4. The summed E-state index contributed by atoms with van der Waals surface area (Å²) in [4.78, 5) is 36.0. The van der Waals surface area contributed by atoms with Crippen LogP contribution in [0.25, 0.3) is 0 Å². The minimum atomic E-state index is -0.426. The van der Waals surface area contributed by atoms with Crippen molar-refractivity contribution in [1.82, 2.24) is 0 Å². The van der Waals surface area contributed by atoms with Crippen LogP contribution >= 0.6 is 0 Å². The SMILES string of the molecule is CCCCC[C@H](O)CC[C@@H]1[C@H]2Cc3cccc(OCC(=O)OC)c3C[C@H]2C[C@H]1OC(=O)CCC(=O)OCC. The number of aliphatic hydroxyl groups excluding tert-OH is 1. The summed E-state index contributed by atoms with van der Waals surface area (Å²) in [7, 11) is 1.34. The highest BCUT2D eigenvalue weighted by molar-refractivity contribution is 5.77. The van der Waals surface area contributed by atoms with Crippen molar-refractivity contribution in [2.75, 3.05) is 20.3 Å². The Bertz CT molecular complexity index is 929. The average molecular weight is 533 g/mol. The number of aliphatic hydroxyl groups is 1. The summed E-state index contributed by atoms with van der Waals surface area (Å²) < 4.78 is 21.4. The van der Waals surface area contributed by atoms with Crippen LogP contribution in [-0.2, 0) is 41.4 Å². The van der Waals surface area contributed by atoms with Crippen molar-refractivity contribution in [3.8, 4) is 5.75 Å². The predicted octanol–water partition coefficient (Wildman–Crippen LogP) is 4.57. The first kappa shape index (κ1) is 29.9. The van der Waals surface area contributed by atoms with E-state index in [-0.39, 0.29) is 50.2 Å². The smallest absolute Gasteiger partial charge is 0.343 e. The lowest BCUT2D eigenvalue weighted by molar-refractivity contribution is -0.155. The zero-order valence-electron chi connectivity index (χ0n) is 23.1. The first-order valence-electron chi connectivity index (χ1n) is 14.2. The molecule has 38 heavy (non-hydrogen) atoms. The van der Waals surface area contributed by atoms with Crippen molar-refractivity contribution in [1.29, 1.82) is 0 Å². The van der Waals surface area contributed by atoms with Gasteiger partial charge >= 0.3 is 17.9 Å². The number of ether oxygens (including phenoxy) is 4. The van der Waals surface area contributed by atoms with Gasteiger partial charge in [0, 0.05) is 0 Å². The number of rotatable bonds is 15. The molecule has 0 radical (unpaired) electrons. The number of benzene rings is 1. The molecule has 0 saturated heterocycles. The fourth-order valence-electron chi connectivity index (χ4n) is 6.07. The van der Waals surface area contributed by atoms with Crippen molar-refractivity contribution in [3.63, 3.8) is 0 Å². The van der Waals surface area contributed by atoms with E-state index in [1.807, 2.05) is 12.1 Å². The number of unbranched alkanes of at least 4 members (excludes halogenated alkanes) is 2. The van der Waals surface area contributed by atoms with Gasteiger partial charge in [-0.2, -0.15) is 0 Å². The molecule has 0 aliphatic heterocycles. The molecule has 8 nitrogen and oxygen atoms in total. The van der Waals surface area contributed by atoms with Crippen LogP contribution in [0.2, 0.25) is 0 Å². The van der Waals surface area contributed by atoms with Gasteiger partial charge in [-0.15, -0.1) is 0 Å². The maximum Gasteiger partial charge on any atom is 0.343 e. The van der Waals surface area contributed by atoms with Crippen LogP contribution in [0.3, 0.4) is 0 Å². The summed E-state index contributed by atoms with van der Waals surface area (Å²) >= 11 is 0. The molecule has 5 atom stereocenters. The zero-order valence-corrected chi connectivity index (χ0v) is 23.1. The molecular weight excluding hydrogens is 488 g/mol. The molecule has 0 spiro atoms. The van der Waals surface area contributed by atoms with Crippen molar-refractivity contribution in [3.05, 3.63) is 29.3 Å². The summed E-state index contributed by atoms with van der Waals surface area (Å²) in [6, 6.07) is 5.93. The van der Waals surface area contributed by atoms with E-state index in [1.165, 1.54) is 12.7 Å². The zero-order chi connectivity index (χ0) is 27.5. The molecule has 1 aromatic rings. The molecule has 1 N–H and O–H groups in total. The van der Waals surface area contributed by atoms with E-state index in [0.29, 0.717) is 24.0 Å². The Balaban J connectivity index is 1.70. The molecule has 0 aromatic heterocycles. The molecule has 0 amide bonds. The molecule has 1 aromatic carbocycles. The molecule has 8 heteroatoms. The molecule has 2 aliphatic rings. The number of hydrogen-bond donors (Lipinski definition) is 1. The van der Waals surface area contributed by atoms with Crippen LogP contribution in [0.4, 0.5) is 0 Å². The van der Waals surface area contributed by atoms with Crippen LogP contribution in [-0.4, -0.2) is 55.5 Å². The Labute approximate surface area is 226 Å². The maximum absolute atomic E-state index is 12.7. The molecule has 1 saturated carbocycles. The lowest BCUT2D eigenvalue weighted by Gasteiger charge is -2.32. The first-order valence-corrected chi connectivity index (χ1v) is 14.2. The van der Waals surface area contributed by atoms with Crippen molar-refractivity contribution in [2.45, 2.75) is 96.7 Å². The van der Waals surface area contributed by atoms with E-state index in [2.05, 4.69) is 13.0 Å². The predicted molar refractivity (Wildman–Crippen MR) is 142 cm³/mol. The third-order valence-corrected chi connectivity index (χ3v) is 7.99. The summed E-state index contributed by atoms with van der Waals surface area (Å²) in [5.41, 5.74) is 2.29. The maximum atomic E-state index is 12.7. The highest BCUT2D eigenvalue weighted by Crippen LogP contribution is 2.49. The van der Waals surface area contributed by atoms with Gasteiger partial charge in [0.25, 0.3) is 0 Å². The van der Waals surface area contributed by atoms with Gasteiger partial charge < -0.3 is 24.1 Å². The number of carbonyl (C=O) groups excluding carboxylic acids is 3. The van der Waals surface area contributed by atoms with Crippen LogP contribution in [0.1, 0.15) is 82.8 Å². The van der Waals surface area contributed by atoms with E-state index in [9.17, 15) is 19.5 Å². The second kappa shape index (κ2) is 15.1. The van der Waals surface area contributed by atoms with Gasteiger partial charge in [-0.25, -0.2) is 4.79 Å². The fraction of sp³-hybridized carbons (Fsp3) is 0.700. The third-order valence-electron chi connectivity index (χ3n) is 7.99. The van der Waals surface area contributed by atoms with Crippen LogP contribution in [0.15, 0.2) is 18.2 Å². The number of hydrogen-bond acceptors (Lipinski definition) is 8. The molecule has 0 bridgehead atoms. The van der Waals surface area contributed by atoms with E-state index < -0.39 is 11.9 Å². The van der Waals surface area contributed by atoms with Gasteiger partial charge in [-0.1, -0.05) is 38.3 Å². The van der Waals surface area contributed by atoms with Gasteiger partial charge in [0.2, 0.25) is 0 Å². The quantitative estimate of drug-likeness (QED) is 0.199. The monoisotopic (exact) mass is 532 g/mol. The van der Waals surface area contributed by atoms with Crippen LogP contribution in [0, 0.1) is 17.8 Å². The van der Waals surface area contributed by atoms with Gasteiger partial charge in [0.1, 0.15) is 11.9 Å². The largest absolute Gasteiger partial charge is 0.482 e. The molecule has 212 valence electrons. The fourth-order valence-corrected chi connectivity index (χ4v) is 6.07. The second-order valence-electron chi connectivity index (χ2n) is 10.6. The van der Waals surface area contributed by atoms with Crippen molar-refractivity contribution in [2.24, 2.45) is 17.8 Å². The third kappa shape index (κ3) is 8.45. The minimum absolute atomic E-state index is 0.00275. The van der Waals surface area contributed by atoms with Gasteiger partial charge in [-0.05, 0) is 80.4 Å². The molecule has 1 fully saturated rings. The minimum Gasteiger partial charge on any atom is -0.482 e. The second-order valence-corrected chi connectivity index (χ2v) is 10.6. The summed E-state index contributed by atoms with van der Waals surface area (Å²) in [6.07, 6.45) is 7.28. The van der Waals surface area contributed by atoms with Crippen molar-refractivity contribution < 1.29 is 38.4 Å². The van der Waals surface area contributed by atoms with Gasteiger partial charge in [0.05, 0.1) is 32.7 Å². The highest BCUT2D eigenvalue weighted by Gasteiger charge is 2.47. The number of esters is 3. The molecule has 0 heterocycles. The summed E-state index contributed by atoms with van der Waals surface area (Å²) in [6.45, 7) is 4.04. The van der Waals surface area contributed by atoms with E-state index in [1.54, 1.807) is 6.92 Å². The average Bonchev–Trinajstić information content (AvgIpc) is 3.23. The number of fused-ring (bicyclic) bond motifs is 2. The Hall–Kier alpha value is -2.61. The van der Waals surface area contributed by atoms with E-state index in [4.69, 9.17) is 18.9 Å².